The van der Waals surface area contributed by atoms with E-state index in [9.17, 15) is 13.6 Å². The largest absolute Gasteiger partial charge is 0.489 e. The van der Waals surface area contributed by atoms with Crippen LogP contribution in [0.1, 0.15) is 15.9 Å². The van der Waals surface area contributed by atoms with Gasteiger partial charge in [0.25, 0.3) is 5.91 Å². The van der Waals surface area contributed by atoms with E-state index in [-0.39, 0.29) is 24.9 Å². The molecule has 9 heteroatoms. The van der Waals surface area contributed by atoms with Gasteiger partial charge in [0.2, 0.25) is 6.79 Å². The first-order valence-electron chi connectivity index (χ1n) is 9.33. The minimum Gasteiger partial charge on any atom is -0.489 e. The first-order chi connectivity index (χ1) is 15.1. The Kier molecular flexibility index (Phi) is 4.62. The summed E-state index contributed by atoms with van der Waals surface area (Å²) in [4.78, 5) is 12.6. The number of nitrogens with zero attached hydrogens (tertiary/aromatic N) is 1. The number of nitrogens with one attached hydrogen (secondary N) is 2. The van der Waals surface area contributed by atoms with Gasteiger partial charge in [0.05, 0.1) is 11.1 Å². The molecule has 0 aliphatic carbocycles. The molecule has 0 saturated carbocycles. The molecule has 0 unspecified atom stereocenters. The quantitative estimate of drug-likeness (QED) is 0.497. The smallest absolute Gasteiger partial charge is 0.257 e. The van der Waals surface area contributed by atoms with Crippen LogP contribution < -0.4 is 19.5 Å². The minimum atomic E-state index is -0.670. The summed E-state index contributed by atoms with van der Waals surface area (Å²) >= 11 is 0. The van der Waals surface area contributed by atoms with Crippen LogP contribution in [0.15, 0.2) is 54.6 Å². The summed E-state index contributed by atoms with van der Waals surface area (Å²) in [5, 5.41) is 10.3. The number of ether oxygens (including phenoxy) is 3. The molecule has 0 radical (unpaired) electrons. The van der Waals surface area contributed by atoms with Crippen molar-refractivity contribution in [3.8, 4) is 17.2 Å². The van der Waals surface area contributed by atoms with Gasteiger partial charge < -0.3 is 19.5 Å². The molecule has 1 aromatic heterocycles. The monoisotopic (exact) mass is 423 g/mol. The number of fused-ring (bicyclic) bond motifs is 2. The van der Waals surface area contributed by atoms with Crippen LogP contribution in [0, 0.1) is 11.6 Å². The maximum absolute atomic E-state index is 13.8. The molecule has 0 fully saturated rings. The van der Waals surface area contributed by atoms with Crippen LogP contribution in [0.3, 0.4) is 0 Å². The molecule has 0 saturated heterocycles. The van der Waals surface area contributed by atoms with Crippen molar-refractivity contribution in [1.29, 1.82) is 0 Å². The van der Waals surface area contributed by atoms with Crippen LogP contribution in [0.2, 0.25) is 0 Å². The average Bonchev–Trinajstić information content (AvgIpc) is 3.39. The van der Waals surface area contributed by atoms with Crippen molar-refractivity contribution in [3.63, 3.8) is 0 Å². The maximum Gasteiger partial charge on any atom is 0.257 e. The van der Waals surface area contributed by atoms with E-state index in [4.69, 9.17) is 14.2 Å². The highest BCUT2D eigenvalue weighted by molar-refractivity contribution is 6.08. The third kappa shape index (κ3) is 3.61. The lowest BCUT2D eigenvalue weighted by Crippen LogP contribution is -2.12. The first kappa shape index (κ1) is 18.9. The first-order valence-corrected chi connectivity index (χ1v) is 9.33. The minimum absolute atomic E-state index is 0.123. The molecular weight excluding hydrogens is 408 g/mol. The van der Waals surface area contributed by atoms with E-state index in [2.05, 4.69) is 15.5 Å². The fourth-order valence-electron chi connectivity index (χ4n) is 3.23. The van der Waals surface area contributed by atoms with Gasteiger partial charge in [-0.2, -0.15) is 5.10 Å². The standard InChI is InChI=1S/C22H15F2N3O4/c23-16-2-1-3-17(24)15(16)10-29-13-5-6-14-18(9-13)26-27-21(14)25-22(28)12-4-7-19-20(8-12)31-11-30-19/h1-9H,10-11H2,(H2,25,26,27,28). The summed E-state index contributed by atoms with van der Waals surface area (Å²) in [5.41, 5.74) is 0.837. The number of carbonyl (C=O) groups is 1. The Hall–Kier alpha value is -4.14. The van der Waals surface area contributed by atoms with E-state index in [1.54, 1.807) is 36.4 Å². The van der Waals surface area contributed by atoms with Gasteiger partial charge >= 0.3 is 0 Å². The van der Waals surface area contributed by atoms with E-state index in [0.717, 1.165) is 0 Å². The van der Waals surface area contributed by atoms with Crippen molar-refractivity contribution in [3.05, 3.63) is 77.4 Å². The summed E-state index contributed by atoms with van der Waals surface area (Å²) in [6, 6.07) is 13.5. The number of rotatable bonds is 5. The highest BCUT2D eigenvalue weighted by Crippen LogP contribution is 2.33. The van der Waals surface area contributed by atoms with Crippen molar-refractivity contribution >= 4 is 22.6 Å². The maximum atomic E-state index is 13.8. The van der Waals surface area contributed by atoms with Crippen molar-refractivity contribution in [2.75, 3.05) is 12.1 Å². The van der Waals surface area contributed by atoms with E-state index < -0.39 is 11.6 Å². The zero-order valence-corrected chi connectivity index (χ0v) is 15.9. The van der Waals surface area contributed by atoms with E-state index in [1.165, 1.54) is 18.2 Å². The van der Waals surface area contributed by atoms with Gasteiger partial charge in [-0.15, -0.1) is 0 Å². The lowest BCUT2D eigenvalue weighted by Gasteiger charge is -2.08. The number of amides is 1. The average molecular weight is 423 g/mol. The topological polar surface area (TPSA) is 85.5 Å². The van der Waals surface area contributed by atoms with Gasteiger partial charge in [-0.1, -0.05) is 6.07 Å². The molecule has 1 aliphatic rings. The van der Waals surface area contributed by atoms with E-state index in [1.807, 2.05) is 0 Å². The van der Waals surface area contributed by atoms with Gasteiger partial charge in [0.1, 0.15) is 24.0 Å². The molecule has 1 amide bonds. The number of H-pyrrole nitrogens is 1. The second-order valence-electron chi connectivity index (χ2n) is 6.79. The summed E-state index contributed by atoms with van der Waals surface area (Å²) in [6.45, 7) is -0.135. The predicted octanol–water partition coefficient (Wildman–Crippen LogP) is 4.40. The van der Waals surface area contributed by atoms with E-state index in [0.29, 0.717) is 39.5 Å². The number of hydrogen-bond donors (Lipinski definition) is 2. The Bertz CT molecular complexity index is 1290. The van der Waals surface area contributed by atoms with Crippen molar-refractivity contribution in [2.24, 2.45) is 0 Å². The lowest BCUT2D eigenvalue weighted by atomic mass is 10.2. The molecule has 2 N–H and O–H groups in total. The Balaban J connectivity index is 1.32. The fraction of sp³-hybridized carbons (Fsp3) is 0.0909. The zero-order chi connectivity index (χ0) is 21.4. The number of benzene rings is 3. The van der Waals surface area contributed by atoms with Crippen LogP contribution in [-0.4, -0.2) is 22.9 Å². The number of halogens is 2. The number of anilines is 1. The molecule has 3 aromatic carbocycles. The molecule has 7 nitrogen and oxygen atoms in total. The molecule has 156 valence electrons. The van der Waals surface area contributed by atoms with Crippen molar-refractivity contribution < 1.29 is 27.8 Å². The Labute approximate surface area is 174 Å². The van der Waals surface area contributed by atoms with Crippen LogP contribution in [0.25, 0.3) is 10.9 Å². The normalized spacial score (nSPS) is 12.2. The fourth-order valence-corrected chi connectivity index (χ4v) is 3.23. The highest BCUT2D eigenvalue weighted by atomic mass is 19.1. The molecule has 0 spiro atoms. The molecule has 31 heavy (non-hydrogen) atoms. The predicted molar refractivity (Wildman–Crippen MR) is 107 cm³/mol. The lowest BCUT2D eigenvalue weighted by molar-refractivity contribution is 0.102. The van der Waals surface area contributed by atoms with E-state index >= 15 is 0 Å². The van der Waals surface area contributed by atoms with Crippen LogP contribution in [0.5, 0.6) is 17.2 Å². The molecule has 0 bridgehead atoms. The van der Waals surface area contributed by atoms with Crippen molar-refractivity contribution in [1.82, 2.24) is 10.2 Å². The van der Waals surface area contributed by atoms with Crippen LogP contribution in [-0.2, 0) is 6.61 Å². The van der Waals surface area contributed by atoms with Crippen LogP contribution in [0.4, 0.5) is 14.6 Å². The van der Waals surface area contributed by atoms with Gasteiger partial charge in [0, 0.05) is 17.0 Å². The molecule has 2 heterocycles. The number of aromatic nitrogens is 2. The SMILES string of the molecule is O=C(Nc1n[nH]c2cc(OCc3c(F)cccc3F)ccc12)c1ccc2c(c1)OCO2. The molecular formula is C22H15F2N3O4. The molecule has 5 rings (SSSR count). The molecule has 4 aromatic rings. The number of aromatic amines is 1. The summed E-state index contributed by atoms with van der Waals surface area (Å²) in [6.07, 6.45) is 0. The second-order valence-corrected chi connectivity index (χ2v) is 6.79. The van der Waals surface area contributed by atoms with Gasteiger partial charge in [-0.3, -0.25) is 9.89 Å². The van der Waals surface area contributed by atoms with Crippen LogP contribution >= 0.6 is 0 Å². The highest BCUT2D eigenvalue weighted by Gasteiger charge is 2.18. The Morgan fingerprint density at radius 2 is 1.87 bits per heavy atom. The zero-order valence-electron chi connectivity index (χ0n) is 15.9. The summed E-state index contributed by atoms with van der Waals surface area (Å²) in [5.74, 6) is 0.128. The third-order valence-corrected chi connectivity index (χ3v) is 4.85. The third-order valence-electron chi connectivity index (χ3n) is 4.85. The van der Waals surface area contributed by atoms with Gasteiger partial charge in [0.15, 0.2) is 17.3 Å². The van der Waals surface area contributed by atoms with Gasteiger partial charge in [-0.25, -0.2) is 8.78 Å². The molecule has 1 aliphatic heterocycles. The summed E-state index contributed by atoms with van der Waals surface area (Å²) in [7, 11) is 0. The Morgan fingerprint density at radius 1 is 1.06 bits per heavy atom. The number of hydrogen-bond acceptors (Lipinski definition) is 5. The van der Waals surface area contributed by atoms with Crippen molar-refractivity contribution in [2.45, 2.75) is 6.61 Å². The summed E-state index contributed by atoms with van der Waals surface area (Å²) < 4.78 is 43.6. The van der Waals surface area contributed by atoms with Gasteiger partial charge in [-0.05, 0) is 42.5 Å². The Morgan fingerprint density at radius 3 is 2.71 bits per heavy atom. The molecule has 0 atom stereocenters. The second kappa shape index (κ2) is 7.60. The number of carbonyl (C=O) groups excluding carboxylic acids is 1.